The van der Waals surface area contributed by atoms with Crippen molar-refractivity contribution in [3.05, 3.63) is 54.3 Å². The lowest BCUT2D eigenvalue weighted by atomic mass is 10.2. The number of non-ortho nitro benzene ring substituents is 1. The minimum absolute atomic E-state index is 0.0197. The molecular formula is C11H7Br2ClN2O3. The van der Waals surface area contributed by atoms with Crippen molar-refractivity contribution in [1.29, 1.82) is 0 Å². The van der Waals surface area contributed by atoms with Gasteiger partial charge in [-0.2, -0.15) is 0 Å². The summed E-state index contributed by atoms with van der Waals surface area (Å²) < 4.78 is 6.78. The van der Waals surface area contributed by atoms with E-state index in [0.29, 0.717) is 27.7 Å². The number of anilines is 1. The summed E-state index contributed by atoms with van der Waals surface area (Å²) >= 11 is 12.5. The first-order chi connectivity index (χ1) is 8.97. The Bertz CT molecular complexity index is 611. The standard InChI is InChI=1S/C11H7Br2ClN2O3/c12-8-4-7(19-11(8)13)5-15-10-3-6(16(17)18)1-2-9(10)14/h1-4,15H,5H2. The maximum atomic E-state index is 10.7. The molecule has 5 nitrogen and oxygen atoms in total. The summed E-state index contributed by atoms with van der Waals surface area (Å²) in [6.45, 7) is 0.366. The van der Waals surface area contributed by atoms with Crippen molar-refractivity contribution >= 4 is 54.8 Å². The van der Waals surface area contributed by atoms with Gasteiger partial charge in [0.15, 0.2) is 4.67 Å². The number of nitro groups is 1. The Kier molecular flexibility index (Phi) is 4.49. The molecule has 100 valence electrons. The molecule has 1 aromatic carbocycles. The number of halogens is 3. The highest BCUT2D eigenvalue weighted by Gasteiger charge is 2.11. The SMILES string of the molecule is O=[N+]([O-])c1ccc(Cl)c(NCc2cc(Br)c(Br)o2)c1. The molecule has 0 aliphatic carbocycles. The van der Waals surface area contributed by atoms with E-state index in [0.717, 1.165) is 4.47 Å². The van der Waals surface area contributed by atoms with Crippen LogP contribution in [0.4, 0.5) is 11.4 Å². The lowest BCUT2D eigenvalue weighted by molar-refractivity contribution is -0.384. The second-order valence-electron chi connectivity index (χ2n) is 3.61. The highest BCUT2D eigenvalue weighted by Crippen LogP contribution is 2.29. The summed E-state index contributed by atoms with van der Waals surface area (Å²) in [5.74, 6) is 0.668. The number of benzene rings is 1. The maximum absolute atomic E-state index is 10.7. The number of hydrogen-bond acceptors (Lipinski definition) is 4. The van der Waals surface area contributed by atoms with E-state index < -0.39 is 4.92 Å². The van der Waals surface area contributed by atoms with Crippen molar-refractivity contribution in [1.82, 2.24) is 0 Å². The van der Waals surface area contributed by atoms with Crippen LogP contribution in [0.3, 0.4) is 0 Å². The Labute approximate surface area is 130 Å². The number of nitrogens with one attached hydrogen (secondary N) is 1. The van der Waals surface area contributed by atoms with Crippen LogP contribution in [0.15, 0.2) is 37.8 Å². The zero-order valence-corrected chi connectivity index (χ0v) is 13.3. The normalized spacial score (nSPS) is 10.5. The number of furan rings is 1. The van der Waals surface area contributed by atoms with E-state index in [2.05, 4.69) is 37.2 Å². The topological polar surface area (TPSA) is 68.3 Å². The van der Waals surface area contributed by atoms with Gasteiger partial charge in [-0.05, 0) is 44.0 Å². The fourth-order valence-corrected chi connectivity index (χ4v) is 2.27. The molecule has 2 rings (SSSR count). The molecule has 0 aliphatic heterocycles. The molecule has 19 heavy (non-hydrogen) atoms. The van der Waals surface area contributed by atoms with Gasteiger partial charge in [-0.15, -0.1) is 0 Å². The van der Waals surface area contributed by atoms with Gasteiger partial charge >= 0.3 is 0 Å². The van der Waals surface area contributed by atoms with Crippen molar-refractivity contribution in [3.63, 3.8) is 0 Å². The largest absolute Gasteiger partial charge is 0.451 e. The molecule has 0 amide bonds. The molecule has 2 aromatic rings. The molecule has 8 heteroatoms. The van der Waals surface area contributed by atoms with Crippen molar-refractivity contribution in [3.8, 4) is 0 Å². The number of nitrogens with zero attached hydrogens (tertiary/aromatic N) is 1. The minimum atomic E-state index is -0.471. The van der Waals surface area contributed by atoms with E-state index in [1.165, 1.54) is 18.2 Å². The summed E-state index contributed by atoms with van der Waals surface area (Å²) in [6, 6.07) is 6.02. The van der Waals surface area contributed by atoms with Gasteiger partial charge in [-0.3, -0.25) is 10.1 Å². The van der Waals surface area contributed by atoms with Gasteiger partial charge in [0.05, 0.1) is 26.7 Å². The Morgan fingerprint density at radius 2 is 2.11 bits per heavy atom. The number of hydrogen-bond donors (Lipinski definition) is 1. The van der Waals surface area contributed by atoms with Crippen molar-refractivity contribution in [2.24, 2.45) is 0 Å². The van der Waals surface area contributed by atoms with Gasteiger partial charge in [0.25, 0.3) is 5.69 Å². The Hall–Kier alpha value is -1.05. The van der Waals surface area contributed by atoms with E-state index >= 15 is 0 Å². The molecule has 1 heterocycles. The second kappa shape index (κ2) is 5.94. The van der Waals surface area contributed by atoms with E-state index in [4.69, 9.17) is 16.0 Å². The van der Waals surface area contributed by atoms with Crippen LogP contribution in [0.5, 0.6) is 0 Å². The van der Waals surface area contributed by atoms with Crippen LogP contribution < -0.4 is 5.32 Å². The fraction of sp³-hybridized carbons (Fsp3) is 0.0909. The number of rotatable bonds is 4. The summed E-state index contributed by atoms with van der Waals surface area (Å²) in [7, 11) is 0. The Balaban J connectivity index is 2.14. The van der Waals surface area contributed by atoms with Gasteiger partial charge < -0.3 is 9.73 Å². The molecule has 0 unspecified atom stereocenters. The first-order valence-electron chi connectivity index (χ1n) is 5.09. The molecule has 0 spiro atoms. The molecule has 0 saturated heterocycles. The predicted octanol–water partition coefficient (Wildman–Crippen LogP) is 4.98. The van der Waals surface area contributed by atoms with Crippen LogP contribution >= 0.6 is 43.5 Å². The Morgan fingerprint density at radius 1 is 1.37 bits per heavy atom. The van der Waals surface area contributed by atoms with Crippen molar-refractivity contribution in [2.45, 2.75) is 6.54 Å². The zero-order chi connectivity index (χ0) is 14.0. The molecule has 0 fully saturated rings. The summed E-state index contributed by atoms with van der Waals surface area (Å²) in [4.78, 5) is 10.2. The van der Waals surface area contributed by atoms with Gasteiger partial charge in [-0.25, -0.2) is 0 Å². The van der Waals surface area contributed by atoms with Crippen LogP contribution in [-0.4, -0.2) is 4.92 Å². The van der Waals surface area contributed by atoms with Crippen LogP contribution in [0.25, 0.3) is 0 Å². The quantitative estimate of drug-likeness (QED) is 0.570. The molecular weight excluding hydrogens is 403 g/mol. The fourth-order valence-electron chi connectivity index (χ4n) is 1.42. The van der Waals surface area contributed by atoms with E-state index in [1.54, 1.807) is 6.07 Å². The molecule has 0 bridgehead atoms. The zero-order valence-electron chi connectivity index (χ0n) is 9.32. The van der Waals surface area contributed by atoms with Crippen LogP contribution in [0, 0.1) is 10.1 Å². The molecule has 1 aromatic heterocycles. The van der Waals surface area contributed by atoms with E-state index in [9.17, 15) is 10.1 Å². The third-order valence-corrected chi connectivity index (χ3v) is 4.35. The average Bonchev–Trinajstić information content (AvgIpc) is 2.67. The highest BCUT2D eigenvalue weighted by molar-refractivity contribution is 9.13. The monoisotopic (exact) mass is 408 g/mol. The third kappa shape index (κ3) is 3.49. The maximum Gasteiger partial charge on any atom is 0.271 e. The lowest BCUT2D eigenvalue weighted by Crippen LogP contribution is -1.99. The second-order valence-corrected chi connectivity index (χ2v) is 5.59. The average molecular weight is 410 g/mol. The van der Waals surface area contributed by atoms with Crippen molar-refractivity contribution in [2.75, 3.05) is 5.32 Å². The summed E-state index contributed by atoms with van der Waals surface area (Å²) in [6.07, 6.45) is 0. The van der Waals surface area contributed by atoms with Gasteiger partial charge in [-0.1, -0.05) is 11.6 Å². The number of nitro benzene ring substituents is 1. The predicted molar refractivity (Wildman–Crippen MR) is 79.5 cm³/mol. The summed E-state index contributed by atoms with van der Waals surface area (Å²) in [5.41, 5.74) is 0.466. The smallest absolute Gasteiger partial charge is 0.271 e. The van der Waals surface area contributed by atoms with Gasteiger partial charge in [0.1, 0.15) is 5.76 Å². The molecule has 1 N–H and O–H groups in total. The van der Waals surface area contributed by atoms with E-state index in [1.807, 2.05) is 0 Å². The van der Waals surface area contributed by atoms with Gasteiger partial charge in [0, 0.05) is 12.1 Å². The molecule has 0 saturated carbocycles. The molecule has 0 atom stereocenters. The molecule has 0 radical (unpaired) electrons. The highest BCUT2D eigenvalue weighted by atomic mass is 79.9. The third-order valence-electron chi connectivity index (χ3n) is 2.31. The summed E-state index contributed by atoms with van der Waals surface area (Å²) in [5, 5.41) is 14.1. The van der Waals surface area contributed by atoms with Crippen LogP contribution in [0.2, 0.25) is 5.02 Å². The Morgan fingerprint density at radius 3 is 2.68 bits per heavy atom. The lowest BCUT2D eigenvalue weighted by Gasteiger charge is -2.06. The van der Waals surface area contributed by atoms with E-state index in [-0.39, 0.29) is 5.69 Å². The van der Waals surface area contributed by atoms with Crippen LogP contribution in [0.1, 0.15) is 5.76 Å². The molecule has 0 aliphatic rings. The van der Waals surface area contributed by atoms with Gasteiger partial charge in [0.2, 0.25) is 0 Å². The first kappa shape index (κ1) is 14.4. The minimum Gasteiger partial charge on any atom is -0.451 e. The van der Waals surface area contributed by atoms with Crippen LogP contribution in [-0.2, 0) is 6.54 Å². The first-order valence-corrected chi connectivity index (χ1v) is 7.05. The van der Waals surface area contributed by atoms with Crippen molar-refractivity contribution < 1.29 is 9.34 Å².